The molecule has 0 amide bonds. The molecule has 0 N–H and O–H groups in total. The molecule has 0 radical (unpaired) electrons. The number of nitrogens with zero attached hydrogens (tertiary/aromatic N) is 1. The minimum absolute atomic E-state index is 0.864. The molecule has 0 aliphatic carbocycles. The SMILES string of the molecule is C[SiH]1c2ccccc2-c2ccc(N(c3ccc(-c4ccccc4)cc3)c3ccc(-c4c(-c5ccc6oc7ccccc7c6c5-c5ccccc5)ccc5oc6ccccc6c45)cc3)cc21. The predicted molar refractivity (Wildman–Crippen MR) is 275 cm³/mol. The molecule has 306 valence electrons. The monoisotopic (exact) mass is 847 g/mol. The summed E-state index contributed by atoms with van der Waals surface area (Å²) in [7, 11) is -1.37. The van der Waals surface area contributed by atoms with Crippen molar-refractivity contribution in [2.45, 2.75) is 6.55 Å². The van der Waals surface area contributed by atoms with E-state index in [1.807, 2.05) is 12.1 Å². The Balaban J connectivity index is 1.01. The van der Waals surface area contributed by atoms with Crippen LogP contribution in [0.3, 0.4) is 0 Å². The van der Waals surface area contributed by atoms with E-state index in [-0.39, 0.29) is 0 Å². The van der Waals surface area contributed by atoms with Crippen molar-refractivity contribution in [3.63, 3.8) is 0 Å². The van der Waals surface area contributed by atoms with E-state index in [0.29, 0.717) is 0 Å². The van der Waals surface area contributed by atoms with Crippen LogP contribution >= 0.6 is 0 Å². The molecule has 1 atom stereocenters. The number of furan rings is 2. The highest BCUT2D eigenvalue weighted by Gasteiger charge is 2.28. The molecule has 1 aliphatic heterocycles. The van der Waals surface area contributed by atoms with E-state index in [4.69, 9.17) is 8.83 Å². The summed E-state index contributed by atoms with van der Waals surface area (Å²) in [4.78, 5) is 2.42. The van der Waals surface area contributed by atoms with Gasteiger partial charge in [0.05, 0.1) is 0 Å². The lowest BCUT2D eigenvalue weighted by molar-refractivity contribution is 0.668. The number of benzene rings is 10. The van der Waals surface area contributed by atoms with E-state index in [1.54, 1.807) is 0 Å². The van der Waals surface area contributed by atoms with E-state index in [9.17, 15) is 0 Å². The maximum atomic E-state index is 6.60. The Labute approximate surface area is 378 Å². The van der Waals surface area contributed by atoms with Gasteiger partial charge in [0, 0.05) is 49.7 Å². The van der Waals surface area contributed by atoms with Gasteiger partial charge in [0.15, 0.2) is 0 Å². The molecule has 2 aromatic heterocycles. The molecule has 0 bridgehead atoms. The smallest absolute Gasteiger partial charge is 0.136 e. The predicted octanol–water partition coefficient (Wildman–Crippen LogP) is 15.6. The average molecular weight is 848 g/mol. The third kappa shape index (κ3) is 6.02. The molecular formula is C61H41NO2Si. The fourth-order valence-electron chi connectivity index (χ4n) is 10.5. The lowest BCUT2D eigenvalue weighted by Crippen LogP contribution is -2.34. The Morgan fingerprint density at radius 1 is 0.323 bits per heavy atom. The Morgan fingerprint density at radius 3 is 1.35 bits per heavy atom. The standard InChI is InChI=1S/C61H41NO2Si/c1-65-56-23-13-10-18-46(56)47-33-32-45(38-57(47)65)62(43-28-24-40(25-29-43)39-14-4-2-5-15-39)44-30-26-42(27-31-44)59-49(35-37-55-61(59)51-20-9-12-22-53(51)64-55)48-34-36-54-60(50-19-8-11-21-52(50)63-54)58(48)41-16-6-3-7-17-41/h2-38,65H,1H3. The van der Waals surface area contributed by atoms with Crippen molar-refractivity contribution in [2.75, 3.05) is 4.90 Å². The first kappa shape index (κ1) is 37.4. The van der Waals surface area contributed by atoms with Crippen molar-refractivity contribution in [3.05, 3.63) is 224 Å². The molecule has 4 heteroatoms. The van der Waals surface area contributed by atoms with Gasteiger partial charge in [-0.2, -0.15) is 0 Å². The number of hydrogen-bond acceptors (Lipinski definition) is 3. The van der Waals surface area contributed by atoms with Crippen LogP contribution in [0.2, 0.25) is 6.55 Å². The van der Waals surface area contributed by atoms with Gasteiger partial charge in [-0.1, -0.05) is 163 Å². The van der Waals surface area contributed by atoms with Gasteiger partial charge in [-0.25, -0.2) is 0 Å². The lowest BCUT2D eigenvalue weighted by Gasteiger charge is -2.27. The van der Waals surface area contributed by atoms with Gasteiger partial charge >= 0.3 is 0 Å². The largest absolute Gasteiger partial charge is 0.456 e. The first-order valence-corrected chi connectivity index (χ1v) is 24.7. The molecule has 0 saturated carbocycles. The third-order valence-electron chi connectivity index (χ3n) is 13.6. The Kier molecular flexibility index (Phi) is 8.61. The first-order chi connectivity index (χ1) is 32.2. The molecule has 13 rings (SSSR count). The maximum absolute atomic E-state index is 6.60. The summed E-state index contributed by atoms with van der Waals surface area (Å²) in [5, 5.41) is 7.44. The summed E-state index contributed by atoms with van der Waals surface area (Å²) < 4.78 is 13.1. The Hall–Kier alpha value is -8.18. The molecule has 3 heterocycles. The molecule has 0 fully saturated rings. The van der Waals surface area contributed by atoms with E-state index >= 15 is 0 Å². The van der Waals surface area contributed by atoms with E-state index < -0.39 is 8.80 Å². The summed E-state index contributed by atoms with van der Waals surface area (Å²) in [6.07, 6.45) is 0. The minimum Gasteiger partial charge on any atom is -0.456 e. The number of para-hydroxylation sites is 2. The highest BCUT2D eigenvalue weighted by Crippen LogP contribution is 2.49. The van der Waals surface area contributed by atoms with Crippen molar-refractivity contribution in [1.29, 1.82) is 0 Å². The fourth-order valence-corrected chi connectivity index (χ4v) is 13.1. The summed E-state index contributed by atoms with van der Waals surface area (Å²) >= 11 is 0. The van der Waals surface area contributed by atoms with Crippen LogP contribution in [-0.4, -0.2) is 8.80 Å². The van der Waals surface area contributed by atoms with Gasteiger partial charge in [0.1, 0.15) is 31.1 Å². The molecule has 3 nitrogen and oxygen atoms in total. The summed E-state index contributed by atoms with van der Waals surface area (Å²) in [6.45, 7) is 2.47. The molecule has 1 unspecified atom stereocenters. The Bertz CT molecular complexity index is 3770. The quantitative estimate of drug-likeness (QED) is 0.150. The van der Waals surface area contributed by atoms with Gasteiger partial charge in [0.2, 0.25) is 0 Å². The van der Waals surface area contributed by atoms with E-state index in [0.717, 1.165) is 94.3 Å². The molecule has 0 saturated heterocycles. The van der Waals surface area contributed by atoms with Crippen LogP contribution in [0.5, 0.6) is 0 Å². The maximum Gasteiger partial charge on any atom is 0.136 e. The van der Waals surface area contributed by atoms with Gasteiger partial charge in [-0.3, -0.25) is 0 Å². The zero-order valence-corrected chi connectivity index (χ0v) is 36.9. The van der Waals surface area contributed by atoms with Crippen molar-refractivity contribution in [3.8, 4) is 55.6 Å². The number of fused-ring (bicyclic) bond motifs is 9. The number of rotatable bonds is 7. The van der Waals surface area contributed by atoms with Crippen molar-refractivity contribution in [2.24, 2.45) is 0 Å². The molecule has 65 heavy (non-hydrogen) atoms. The molecule has 1 aliphatic rings. The summed E-state index contributed by atoms with van der Waals surface area (Å²) in [6, 6.07) is 81.2. The van der Waals surface area contributed by atoms with Crippen molar-refractivity contribution in [1.82, 2.24) is 0 Å². The normalized spacial score (nSPS) is 13.2. The van der Waals surface area contributed by atoms with Gasteiger partial charge in [-0.05, 0) is 122 Å². The van der Waals surface area contributed by atoms with Crippen LogP contribution in [0.4, 0.5) is 17.1 Å². The van der Waals surface area contributed by atoms with Crippen molar-refractivity contribution >= 4 is 80.1 Å². The van der Waals surface area contributed by atoms with Crippen LogP contribution in [-0.2, 0) is 0 Å². The highest BCUT2D eigenvalue weighted by atomic mass is 28.3. The van der Waals surface area contributed by atoms with Gasteiger partial charge < -0.3 is 13.7 Å². The zero-order valence-electron chi connectivity index (χ0n) is 35.7. The molecule has 12 aromatic rings. The first-order valence-electron chi connectivity index (χ1n) is 22.4. The number of hydrogen-bond donors (Lipinski definition) is 0. The van der Waals surface area contributed by atoms with E-state index in [1.165, 1.54) is 32.6 Å². The third-order valence-corrected chi connectivity index (χ3v) is 16.4. The van der Waals surface area contributed by atoms with Crippen LogP contribution in [0.25, 0.3) is 99.5 Å². The molecule has 10 aromatic carbocycles. The van der Waals surface area contributed by atoms with Crippen LogP contribution < -0.4 is 15.3 Å². The Morgan fingerprint density at radius 2 is 0.754 bits per heavy atom. The van der Waals surface area contributed by atoms with Crippen molar-refractivity contribution < 1.29 is 8.83 Å². The van der Waals surface area contributed by atoms with Crippen LogP contribution in [0.1, 0.15) is 0 Å². The van der Waals surface area contributed by atoms with Crippen LogP contribution in [0, 0.1) is 0 Å². The van der Waals surface area contributed by atoms with Gasteiger partial charge in [-0.15, -0.1) is 0 Å². The second-order valence-corrected chi connectivity index (χ2v) is 19.8. The van der Waals surface area contributed by atoms with Gasteiger partial charge in [0.25, 0.3) is 0 Å². The fraction of sp³-hybridized carbons (Fsp3) is 0.0164. The summed E-state index contributed by atoms with van der Waals surface area (Å²) in [5.41, 5.74) is 18.8. The second-order valence-electron chi connectivity index (χ2n) is 17.2. The molecule has 0 spiro atoms. The molecular weight excluding hydrogens is 807 g/mol. The van der Waals surface area contributed by atoms with Crippen LogP contribution in [0.15, 0.2) is 233 Å². The highest BCUT2D eigenvalue weighted by molar-refractivity contribution is 6.88. The number of anilines is 3. The van der Waals surface area contributed by atoms with E-state index in [2.05, 4.69) is 224 Å². The topological polar surface area (TPSA) is 29.5 Å². The second kappa shape index (κ2) is 15.0. The average Bonchev–Trinajstić information content (AvgIpc) is 4.04. The zero-order chi connectivity index (χ0) is 43.0. The summed E-state index contributed by atoms with van der Waals surface area (Å²) in [5.74, 6) is 0. The lowest BCUT2D eigenvalue weighted by atomic mass is 9.85. The minimum atomic E-state index is -1.37.